The second kappa shape index (κ2) is 6.95. The number of hydrogen-bond acceptors (Lipinski definition) is 7. The van der Waals surface area contributed by atoms with Crippen LogP contribution in [0.1, 0.15) is 20.8 Å². The third-order valence-corrected chi connectivity index (χ3v) is 3.96. The van der Waals surface area contributed by atoms with Gasteiger partial charge in [0.05, 0.1) is 31.1 Å². The van der Waals surface area contributed by atoms with Crippen LogP contribution in [0.2, 0.25) is 0 Å². The van der Waals surface area contributed by atoms with Crippen molar-refractivity contribution >= 4 is 17.0 Å². The number of amides is 1. The number of carbonyl (C=O) groups excluding carboxylic acids is 1. The third kappa shape index (κ3) is 3.96. The van der Waals surface area contributed by atoms with Crippen molar-refractivity contribution in [3.63, 3.8) is 0 Å². The van der Waals surface area contributed by atoms with Gasteiger partial charge in [0.1, 0.15) is 29.9 Å². The van der Waals surface area contributed by atoms with E-state index in [1.165, 1.54) is 11.2 Å². The van der Waals surface area contributed by atoms with E-state index in [2.05, 4.69) is 9.97 Å². The fourth-order valence-corrected chi connectivity index (χ4v) is 2.72. The first-order chi connectivity index (χ1) is 12.3. The number of methoxy groups -OCH3 is 1. The number of β-amino-alcohol motifs (C(OH)–C–C–N with tert-alkyl or cyclic N) is 1. The molecule has 1 aromatic heterocycles. The Balaban J connectivity index is 1.77. The lowest BCUT2D eigenvalue weighted by Gasteiger charge is -2.24. The van der Waals surface area contributed by atoms with Crippen LogP contribution in [-0.2, 0) is 4.74 Å². The summed E-state index contributed by atoms with van der Waals surface area (Å²) in [7, 11) is 1.57. The van der Waals surface area contributed by atoms with Crippen LogP contribution in [0.5, 0.6) is 11.6 Å². The zero-order valence-corrected chi connectivity index (χ0v) is 15.3. The van der Waals surface area contributed by atoms with Gasteiger partial charge in [-0.05, 0) is 39.0 Å². The zero-order valence-electron chi connectivity index (χ0n) is 15.3. The molecule has 2 heterocycles. The molecule has 8 heteroatoms. The number of carbonyl (C=O) groups is 1. The Kier molecular flexibility index (Phi) is 4.86. The minimum absolute atomic E-state index is 0.145. The fourth-order valence-electron chi connectivity index (χ4n) is 2.72. The van der Waals surface area contributed by atoms with Crippen molar-refractivity contribution < 1.29 is 24.1 Å². The summed E-state index contributed by atoms with van der Waals surface area (Å²) in [5.74, 6) is 0.989. The molecule has 1 fully saturated rings. The van der Waals surface area contributed by atoms with E-state index >= 15 is 0 Å². The highest BCUT2D eigenvalue weighted by atomic mass is 16.6. The number of aromatic nitrogens is 2. The second-order valence-electron chi connectivity index (χ2n) is 7.17. The molecule has 0 saturated carbocycles. The second-order valence-corrected chi connectivity index (χ2v) is 7.17. The number of aliphatic hydroxyl groups excluding tert-OH is 1. The molecular formula is C18H23N3O5. The average Bonchev–Trinajstić information content (AvgIpc) is 2.94. The smallest absolute Gasteiger partial charge is 0.410 e. The van der Waals surface area contributed by atoms with E-state index in [1.54, 1.807) is 46.1 Å². The molecule has 2 unspecified atom stereocenters. The van der Waals surface area contributed by atoms with Crippen molar-refractivity contribution in [3.05, 3.63) is 24.5 Å². The summed E-state index contributed by atoms with van der Waals surface area (Å²) in [6.45, 7) is 5.75. The first-order valence-corrected chi connectivity index (χ1v) is 8.38. The maximum absolute atomic E-state index is 12.2. The van der Waals surface area contributed by atoms with Gasteiger partial charge in [-0.3, -0.25) is 0 Å². The van der Waals surface area contributed by atoms with Gasteiger partial charge in [-0.15, -0.1) is 0 Å². The molecule has 26 heavy (non-hydrogen) atoms. The number of rotatable bonds is 3. The summed E-state index contributed by atoms with van der Waals surface area (Å²) < 4.78 is 16.5. The standard InChI is InChI=1S/C18H23N3O5/c1-18(2,3)26-17(23)21-8-14(22)15(9-21)25-16-12-7-11(24-4)5-6-13(12)19-10-20-16/h5-7,10,14-15,22H,8-9H2,1-4H3. The van der Waals surface area contributed by atoms with Gasteiger partial charge < -0.3 is 24.2 Å². The third-order valence-electron chi connectivity index (χ3n) is 3.96. The Hall–Kier alpha value is -2.61. The van der Waals surface area contributed by atoms with Crippen molar-refractivity contribution in [2.45, 2.75) is 38.6 Å². The molecule has 140 valence electrons. The number of fused-ring (bicyclic) bond motifs is 1. The minimum atomic E-state index is -0.835. The predicted octanol–water partition coefficient (Wildman–Crippen LogP) is 2.00. The summed E-state index contributed by atoms with van der Waals surface area (Å²) in [6.07, 6.45) is -0.515. The number of nitrogens with zero attached hydrogens (tertiary/aromatic N) is 3. The molecule has 1 aromatic carbocycles. The lowest BCUT2D eigenvalue weighted by Crippen LogP contribution is -2.36. The van der Waals surface area contributed by atoms with E-state index in [0.717, 1.165) is 0 Å². The number of likely N-dealkylation sites (tertiary alicyclic amines) is 1. The maximum Gasteiger partial charge on any atom is 0.410 e. The molecule has 0 bridgehead atoms. The Labute approximate surface area is 151 Å². The fraction of sp³-hybridized carbons (Fsp3) is 0.500. The average molecular weight is 361 g/mol. The topological polar surface area (TPSA) is 94.0 Å². The van der Waals surface area contributed by atoms with Crippen molar-refractivity contribution in [1.82, 2.24) is 14.9 Å². The van der Waals surface area contributed by atoms with Crippen LogP contribution in [0.4, 0.5) is 4.79 Å². The minimum Gasteiger partial charge on any atom is -0.497 e. The number of benzene rings is 1. The molecule has 1 amide bonds. The van der Waals surface area contributed by atoms with Crippen LogP contribution in [0.25, 0.3) is 10.9 Å². The summed E-state index contributed by atoms with van der Waals surface area (Å²) in [4.78, 5) is 22.0. The Bertz CT molecular complexity index is 805. The molecule has 0 aliphatic carbocycles. The van der Waals surface area contributed by atoms with Crippen molar-refractivity contribution in [2.75, 3.05) is 20.2 Å². The van der Waals surface area contributed by atoms with E-state index in [4.69, 9.17) is 14.2 Å². The normalized spacial score (nSPS) is 20.3. The van der Waals surface area contributed by atoms with Crippen LogP contribution in [0, 0.1) is 0 Å². The van der Waals surface area contributed by atoms with Gasteiger partial charge in [-0.1, -0.05) is 0 Å². The predicted molar refractivity (Wildman–Crippen MR) is 94.3 cm³/mol. The molecule has 0 radical (unpaired) electrons. The summed E-state index contributed by atoms with van der Waals surface area (Å²) >= 11 is 0. The van der Waals surface area contributed by atoms with Crippen molar-refractivity contribution in [1.29, 1.82) is 0 Å². The molecule has 2 aromatic rings. The van der Waals surface area contributed by atoms with Gasteiger partial charge in [0.15, 0.2) is 0 Å². The van der Waals surface area contributed by atoms with Crippen LogP contribution in [0.15, 0.2) is 24.5 Å². The maximum atomic E-state index is 12.2. The SMILES string of the molecule is COc1ccc2ncnc(OC3CN(C(=O)OC(C)(C)C)CC3O)c2c1. The van der Waals surface area contributed by atoms with E-state index in [-0.39, 0.29) is 13.1 Å². The van der Waals surface area contributed by atoms with Crippen LogP contribution in [0.3, 0.4) is 0 Å². The van der Waals surface area contributed by atoms with Crippen LogP contribution in [-0.4, -0.2) is 64.1 Å². The first kappa shape index (κ1) is 18.2. The van der Waals surface area contributed by atoms with E-state index in [9.17, 15) is 9.90 Å². The van der Waals surface area contributed by atoms with E-state index in [1.807, 2.05) is 0 Å². The monoisotopic (exact) mass is 361 g/mol. The van der Waals surface area contributed by atoms with Crippen LogP contribution >= 0.6 is 0 Å². The van der Waals surface area contributed by atoms with Gasteiger partial charge in [0.25, 0.3) is 0 Å². The van der Waals surface area contributed by atoms with Gasteiger partial charge >= 0.3 is 6.09 Å². The summed E-state index contributed by atoms with van der Waals surface area (Å²) in [6, 6.07) is 5.38. The molecule has 1 N–H and O–H groups in total. The number of hydrogen-bond donors (Lipinski definition) is 1. The lowest BCUT2D eigenvalue weighted by molar-refractivity contribution is 0.0268. The molecule has 0 spiro atoms. The molecule has 1 aliphatic rings. The quantitative estimate of drug-likeness (QED) is 0.893. The molecule has 1 aliphatic heterocycles. The van der Waals surface area contributed by atoms with Crippen molar-refractivity contribution in [2.24, 2.45) is 0 Å². The summed E-state index contributed by atoms with van der Waals surface area (Å²) in [5.41, 5.74) is 0.104. The molecular weight excluding hydrogens is 338 g/mol. The molecule has 8 nitrogen and oxygen atoms in total. The molecule has 1 saturated heterocycles. The highest BCUT2D eigenvalue weighted by molar-refractivity contribution is 5.84. The lowest BCUT2D eigenvalue weighted by atomic mass is 10.2. The van der Waals surface area contributed by atoms with Gasteiger partial charge in [0, 0.05) is 0 Å². The number of ether oxygens (including phenoxy) is 3. The largest absolute Gasteiger partial charge is 0.497 e. The van der Waals surface area contributed by atoms with Gasteiger partial charge in [-0.2, -0.15) is 0 Å². The van der Waals surface area contributed by atoms with Gasteiger partial charge in [-0.25, -0.2) is 14.8 Å². The van der Waals surface area contributed by atoms with Crippen molar-refractivity contribution in [3.8, 4) is 11.6 Å². The number of aliphatic hydroxyl groups is 1. The highest BCUT2D eigenvalue weighted by Crippen LogP contribution is 2.28. The van der Waals surface area contributed by atoms with E-state index < -0.39 is 23.9 Å². The van der Waals surface area contributed by atoms with Crippen LogP contribution < -0.4 is 9.47 Å². The Morgan fingerprint density at radius 3 is 2.73 bits per heavy atom. The zero-order chi connectivity index (χ0) is 18.9. The Morgan fingerprint density at radius 1 is 1.27 bits per heavy atom. The summed E-state index contributed by atoms with van der Waals surface area (Å²) in [5, 5.41) is 11.0. The first-order valence-electron chi connectivity index (χ1n) is 8.38. The van der Waals surface area contributed by atoms with E-state index in [0.29, 0.717) is 22.5 Å². The molecule has 3 rings (SSSR count). The highest BCUT2D eigenvalue weighted by Gasteiger charge is 2.38. The van der Waals surface area contributed by atoms with Gasteiger partial charge in [0.2, 0.25) is 5.88 Å². The Morgan fingerprint density at radius 2 is 2.04 bits per heavy atom. The molecule has 2 atom stereocenters.